The van der Waals surface area contributed by atoms with E-state index < -0.39 is 0 Å². The third-order valence-electron chi connectivity index (χ3n) is 5.65. The Morgan fingerprint density at radius 3 is 2.16 bits per heavy atom. The van der Waals surface area contributed by atoms with E-state index in [1.165, 1.54) is 18.4 Å². The molecule has 1 amide bonds. The van der Waals surface area contributed by atoms with E-state index in [1.54, 1.807) is 0 Å². The molecular formula is C21H30N2O2. The van der Waals surface area contributed by atoms with Gasteiger partial charge in [-0.05, 0) is 24.3 Å². The van der Waals surface area contributed by atoms with Crippen LogP contribution in [-0.2, 0) is 4.79 Å². The van der Waals surface area contributed by atoms with Crippen LogP contribution < -0.4 is 0 Å². The summed E-state index contributed by atoms with van der Waals surface area (Å²) in [6.07, 6.45) is 4.51. The summed E-state index contributed by atoms with van der Waals surface area (Å²) in [7, 11) is 0. The van der Waals surface area contributed by atoms with Crippen molar-refractivity contribution in [2.45, 2.75) is 45.4 Å². The molecule has 2 fully saturated rings. The number of piperazine rings is 1. The Morgan fingerprint density at radius 2 is 1.60 bits per heavy atom. The van der Waals surface area contributed by atoms with Crippen molar-refractivity contribution >= 4 is 11.7 Å². The predicted octanol–water partition coefficient (Wildman–Crippen LogP) is 3.33. The molecule has 2 aliphatic rings. The molecule has 1 saturated carbocycles. The fourth-order valence-corrected chi connectivity index (χ4v) is 3.91. The first-order valence-electron chi connectivity index (χ1n) is 9.69. The first-order chi connectivity index (χ1) is 12.0. The highest BCUT2D eigenvalue weighted by molar-refractivity contribution is 5.97. The molecule has 0 bridgehead atoms. The molecule has 136 valence electrons. The van der Waals surface area contributed by atoms with Crippen LogP contribution in [0.3, 0.4) is 0 Å². The van der Waals surface area contributed by atoms with Crippen LogP contribution in [0.25, 0.3) is 0 Å². The molecule has 1 aliphatic carbocycles. The highest BCUT2D eigenvalue weighted by atomic mass is 16.2. The molecule has 4 nitrogen and oxygen atoms in total. The van der Waals surface area contributed by atoms with Gasteiger partial charge < -0.3 is 4.90 Å². The standard InChI is InChI=1S/C21H30N2O2/c1-16(2)17-7-9-18(10-8-17)20(24)15-22-11-13-23(14-12-22)21(25)19-5-3-4-6-19/h7-10,16,19H,3-6,11-15H2,1-2H3. The van der Waals surface area contributed by atoms with E-state index in [0.717, 1.165) is 44.6 Å². The topological polar surface area (TPSA) is 40.6 Å². The molecule has 3 rings (SSSR count). The number of rotatable bonds is 5. The number of carbonyl (C=O) groups is 2. The van der Waals surface area contributed by atoms with Gasteiger partial charge in [-0.15, -0.1) is 0 Å². The second-order valence-corrected chi connectivity index (χ2v) is 7.78. The van der Waals surface area contributed by atoms with E-state index in [1.807, 2.05) is 17.0 Å². The number of nitrogens with zero attached hydrogens (tertiary/aromatic N) is 2. The molecule has 0 aromatic heterocycles. The lowest BCUT2D eigenvalue weighted by atomic mass is 10.0. The van der Waals surface area contributed by atoms with Crippen molar-refractivity contribution in [3.05, 3.63) is 35.4 Å². The molecule has 0 unspecified atom stereocenters. The summed E-state index contributed by atoms with van der Waals surface area (Å²) >= 11 is 0. The summed E-state index contributed by atoms with van der Waals surface area (Å²) in [5, 5.41) is 0. The van der Waals surface area contributed by atoms with Crippen molar-refractivity contribution < 1.29 is 9.59 Å². The third kappa shape index (κ3) is 4.49. The number of hydrogen-bond donors (Lipinski definition) is 0. The normalized spacial score (nSPS) is 19.6. The Balaban J connectivity index is 1.48. The monoisotopic (exact) mass is 342 g/mol. The molecule has 4 heteroatoms. The fourth-order valence-electron chi connectivity index (χ4n) is 3.91. The van der Waals surface area contributed by atoms with Crippen LogP contribution in [0.1, 0.15) is 61.4 Å². The summed E-state index contributed by atoms with van der Waals surface area (Å²) < 4.78 is 0. The van der Waals surface area contributed by atoms with E-state index in [0.29, 0.717) is 18.4 Å². The Bertz CT molecular complexity index is 595. The molecule has 0 atom stereocenters. The van der Waals surface area contributed by atoms with Gasteiger partial charge in [-0.2, -0.15) is 0 Å². The lowest BCUT2D eigenvalue weighted by Crippen LogP contribution is -2.51. The van der Waals surface area contributed by atoms with Gasteiger partial charge in [-0.25, -0.2) is 0 Å². The Morgan fingerprint density at radius 1 is 1.00 bits per heavy atom. The van der Waals surface area contributed by atoms with Gasteiger partial charge in [0.2, 0.25) is 5.91 Å². The second-order valence-electron chi connectivity index (χ2n) is 7.78. The zero-order valence-electron chi connectivity index (χ0n) is 15.5. The molecule has 0 radical (unpaired) electrons. The minimum absolute atomic E-state index is 0.172. The smallest absolute Gasteiger partial charge is 0.225 e. The van der Waals surface area contributed by atoms with Gasteiger partial charge in [0.1, 0.15) is 0 Å². The summed E-state index contributed by atoms with van der Waals surface area (Å²) in [6, 6.07) is 7.99. The molecule has 0 N–H and O–H groups in total. The van der Waals surface area contributed by atoms with Crippen LogP contribution in [0.4, 0.5) is 0 Å². The van der Waals surface area contributed by atoms with E-state index in [9.17, 15) is 9.59 Å². The van der Waals surface area contributed by atoms with Crippen molar-refractivity contribution in [3.63, 3.8) is 0 Å². The average Bonchev–Trinajstić information content (AvgIpc) is 3.16. The second kappa shape index (κ2) is 8.13. The van der Waals surface area contributed by atoms with Gasteiger partial charge >= 0.3 is 0 Å². The third-order valence-corrected chi connectivity index (χ3v) is 5.65. The van der Waals surface area contributed by atoms with Crippen LogP contribution in [-0.4, -0.2) is 54.2 Å². The number of amides is 1. The maximum absolute atomic E-state index is 12.5. The van der Waals surface area contributed by atoms with Gasteiger partial charge in [-0.1, -0.05) is 51.0 Å². The minimum Gasteiger partial charge on any atom is -0.340 e. The Hall–Kier alpha value is -1.68. The number of Topliss-reactive ketones (excluding diaryl/α,β-unsaturated/α-hetero) is 1. The van der Waals surface area contributed by atoms with Crippen molar-refractivity contribution in [2.75, 3.05) is 32.7 Å². The van der Waals surface area contributed by atoms with Gasteiger partial charge in [0, 0.05) is 37.7 Å². The SMILES string of the molecule is CC(C)c1ccc(C(=O)CN2CCN(C(=O)C3CCCC3)CC2)cc1. The van der Waals surface area contributed by atoms with E-state index in [4.69, 9.17) is 0 Å². The zero-order chi connectivity index (χ0) is 17.8. The van der Waals surface area contributed by atoms with Crippen molar-refractivity contribution in [1.29, 1.82) is 0 Å². The Labute approximate surface area is 151 Å². The maximum Gasteiger partial charge on any atom is 0.225 e. The number of ketones is 1. The van der Waals surface area contributed by atoms with Crippen molar-refractivity contribution in [3.8, 4) is 0 Å². The molecule has 25 heavy (non-hydrogen) atoms. The molecule has 0 spiro atoms. The summed E-state index contributed by atoms with van der Waals surface area (Å²) in [4.78, 5) is 29.2. The van der Waals surface area contributed by atoms with E-state index in [2.05, 4.69) is 30.9 Å². The van der Waals surface area contributed by atoms with Crippen LogP contribution in [0.5, 0.6) is 0 Å². The Kier molecular flexibility index (Phi) is 5.89. The highest BCUT2D eigenvalue weighted by Crippen LogP contribution is 2.27. The molecule has 1 heterocycles. The molecule has 1 aromatic carbocycles. The lowest BCUT2D eigenvalue weighted by molar-refractivity contribution is -0.137. The quantitative estimate of drug-likeness (QED) is 0.771. The minimum atomic E-state index is 0.172. The van der Waals surface area contributed by atoms with Gasteiger partial charge in [0.15, 0.2) is 5.78 Å². The van der Waals surface area contributed by atoms with Crippen LogP contribution in [0.2, 0.25) is 0 Å². The van der Waals surface area contributed by atoms with E-state index in [-0.39, 0.29) is 11.7 Å². The number of benzene rings is 1. The first-order valence-corrected chi connectivity index (χ1v) is 9.69. The van der Waals surface area contributed by atoms with Gasteiger partial charge in [0.05, 0.1) is 6.54 Å². The van der Waals surface area contributed by atoms with Gasteiger partial charge in [0.25, 0.3) is 0 Å². The van der Waals surface area contributed by atoms with Crippen molar-refractivity contribution in [2.24, 2.45) is 5.92 Å². The molecular weight excluding hydrogens is 312 g/mol. The number of hydrogen-bond acceptors (Lipinski definition) is 3. The molecule has 1 aromatic rings. The zero-order valence-corrected chi connectivity index (χ0v) is 15.5. The van der Waals surface area contributed by atoms with Crippen LogP contribution in [0.15, 0.2) is 24.3 Å². The maximum atomic E-state index is 12.5. The number of carbonyl (C=O) groups excluding carboxylic acids is 2. The highest BCUT2D eigenvalue weighted by Gasteiger charge is 2.29. The summed E-state index contributed by atoms with van der Waals surface area (Å²) in [5.74, 6) is 1.25. The van der Waals surface area contributed by atoms with E-state index >= 15 is 0 Å². The predicted molar refractivity (Wildman–Crippen MR) is 99.8 cm³/mol. The molecule has 1 aliphatic heterocycles. The van der Waals surface area contributed by atoms with Crippen LogP contribution in [0, 0.1) is 5.92 Å². The molecule has 1 saturated heterocycles. The summed E-state index contributed by atoms with van der Waals surface area (Å²) in [6.45, 7) is 7.88. The lowest BCUT2D eigenvalue weighted by Gasteiger charge is -2.35. The van der Waals surface area contributed by atoms with Crippen LogP contribution >= 0.6 is 0 Å². The fraction of sp³-hybridized carbons (Fsp3) is 0.619. The largest absolute Gasteiger partial charge is 0.340 e. The first kappa shape index (κ1) is 18.1. The van der Waals surface area contributed by atoms with Gasteiger partial charge in [-0.3, -0.25) is 14.5 Å². The average molecular weight is 342 g/mol. The summed E-state index contributed by atoms with van der Waals surface area (Å²) in [5.41, 5.74) is 2.05. The van der Waals surface area contributed by atoms with Crippen molar-refractivity contribution in [1.82, 2.24) is 9.80 Å².